The highest BCUT2D eigenvalue weighted by Crippen LogP contribution is 2.41. The second kappa shape index (κ2) is 18.2. The topological polar surface area (TPSA) is 111 Å². The maximum absolute atomic E-state index is 14.3. The van der Waals surface area contributed by atoms with Gasteiger partial charge in [0.05, 0.1) is 24.7 Å². The summed E-state index contributed by atoms with van der Waals surface area (Å²) >= 11 is 0. The van der Waals surface area contributed by atoms with Crippen molar-refractivity contribution in [1.82, 2.24) is 4.90 Å². The first-order valence-corrected chi connectivity index (χ1v) is 22.7. The molecule has 10 heteroatoms. The van der Waals surface area contributed by atoms with Gasteiger partial charge in [-0.1, -0.05) is 113 Å². The van der Waals surface area contributed by atoms with E-state index in [-0.39, 0.29) is 52.4 Å². The lowest BCUT2D eigenvalue weighted by Gasteiger charge is -2.45. The van der Waals surface area contributed by atoms with Crippen LogP contribution in [0.4, 0.5) is 4.79 Å². The van der Waals surface area contributed by atoms with E-state index in [1.165, 1.54) is 0 Å². The molecule has 8 nitrogen and oxygen atoms in total. The van der Waals surface area contributed by atoms with Gasteiger partial charge in [0, 0.05) is 25.4 Å². The molecule has 0 aromatic carbocycles. The highest BCUT2D eigenvalue weighted by Gasteiger charge is 2.46. The standard InChI is InChI=1S/C36H70N2O6Si2/c1-18-19-21-26(3)31(42-34(37)41)28(5)32(44-46(16,17)36(10,11)12)29(6)33(40)38(13)24-27(4)30(25(2)22-20-23-39)43-45(14,15)35(7,8)9/h18-22,25-32,39H,1,23-24H2,2-17H3,(H2,37,41)/b21-19-,22-20-/t25-,26-,27-,28?,29?,30-,31?,32?/m0/s1. The Morgan fingerprint density at radius 2 is 1.30 bits per heavy atom. The summed E-state index contributed by atoms with van der Waals surface area (Å²) in [5, 5.41) is 9.36. The molecule has 0 aliphatic rings. The van der Waals surface area contributed by atoms with Crippen LogP contribution in [0.5, 0.6) is 0 Å². The molecule has 0 saturated heterocycles. The van der Waals surface area contributed by atoms with Crippen LogP contribution >= 0.6 is 0 Å². The van der Waals surface area contributed by atoms with Crippen molar-refractivity contribution in [2.45, 2.75) is 131 Å². The number of allylic oxidation sites excluding steroid dienone is 2. The van der Waals surface area contributed by atoms with Crippen molar-refractivity contribution in [3.8, 4) is 0 Å². The highest BCUT2D eigenvalue weighted by molar-refractivity contribution is 6.74. The number of aliphatic hydroxyl groups excluding tert-OH is 1. The SMILES string of the molecule is C=C/C=C\[C@H](C)C(OC(N)=O)C(C)C(O[Si](C)(C)C(C)(C)C)C(C)C(=O)N(C)C[C@H](C)[C@@H](O[Si](C)(C)C(C)(C)C)[C@@H](C)/C=C\CO. The Balaban J connectivity index is 6.59. The molecule has 0 radical (unpaired) electrons. The van der Waals surface area contributed by atoms with Gasteiger partial charge in [-0.05, 0) is 48.1 Å². The molecule has 4 unspecified atom stereocenters. The number of ether oxygens (including phenoxy) is 1. The van der Waals surface area contributed by atoms with Gasteiger partial charge >= 0.3 is 6.09 Å². The lowest BCUT2D eigenvalue weighted by Crippen LogP contribution is -2.54. The van der Waals surface area contributed by atoms with Gasteiger partial charge in [0.25, 0.3) is 0 Å². The Bertz CT molecular complexity index is 1030. The number of hydrogen-bond acceptors (Lipinski definition) is 6. The van der Waals surface area contributed by atoms with E-state index < -0.39 is 40.9 Å². The maximum Gasteiger partial charge on any atom is 0.404 e. The Morgan fingerprint density at radius 3 is 1.72 bits per heavy atom. The zero-order chi connectivity index (χ0) is 36.4. The fraction of sp³-hybridized carbons (Fsp3) is 0.778. The van der Waals surface area contributed by atoms with Gasteiger partial charge in [-0.3, -0.25) is 4.79 Å². The second-order valence-corrected chi connectivity index (χ2v) is 25.9. The summed E-state index contributed by atoms with van der Waals surface area (Å²) < 4.78 is 19.7. The normalized spacial score (nSPS) is 18.8. The van der Waals surface area contributed by atoms with E-state index in [0.717, 1.165) is 0 Å². The summed E-state index contributed by atoms with van der Waals surface area (Å²) in [6.45, 7) is 36.3. The first-order valence-electron chi connectivity index (χ1n) is 16.9. The average Bonchev–Trinajstić information content (AvgIpc) is 2.92. The minimum absolute atomic E-state index is 0.0146. The summed E-state index contributed by atoms with van der Waals surface area (Å²) in [5.74, 6) is -1.03. The number of carbonyl (C=O) groups is 2. The van der Waals surface area contributed by atoms with Crippen LogP contribution < -0.4 is 5.73 Å². The first-order chi connectivity index (χ1) is 20.8. The summed E-state index contributed by atoms with van der Waals surface area (Å²) in [7, 11) is -2.66. The number of hydrogen-bond donors (Lipinski definition) is 2. The molecule has 268 valence electrons. The molecule has 0 fully saturated rings. The van der Waals surface area contributed by atoms with Crippen molar-refractivity contribution in [1.29, 1.82) is 0 Å². The lowest BCUT2D eigenvalue weighted by atomic mass is 9.83. The molecule has 8 atom stereocenters. The zero-order valence-electron chi connectivity index (χ0n) is 32.1. The van der Waals surface area contributed by atoms with Crippen LogP contribution in [0.3, 0.4) is 0 Å². The molecule has 3 N–H and O–H groups in total. The average molecular weight is 683 g/mol. The first kappa shape index (κ1) is 44.3. The molecule has 0 rings (SSSR count). The van der Waals surface area contributed by atoms with Gasteiger partial charge in [-0.15, -0.1) is 0 Å². The molecular formula is C36H70N2O6Si2. The monoisotopic (exact) mass is 682 g/mol. The van der Waals surface area contributed by atoms with E-state index in [2.05, 4.69) is 88.2 Å². The predicted octanol–water partition coefficient (Wildman–Crippen LogP) is 8.16. The van der Waals surface area contributed by atoms with Gasteiger partial charge < -0.3 is 29.3 Å². The molecular weight excluding hydrogens is 613 g/mol. The summed E-state index contributed by atoms with van der Waals surface area (Å²) in [6, 6.07) is 0. The van der Waals surface area contributed by atoms with E-state index in [1.807, 2.05) is 46.0 Å². The van der Waals surface area contributed by atoms with Crippen LogP contribution in [0, 0.1) is 29.6 Å². The number of primary amides is 1. The number of nitrogens with zero attached hydrogens (tertiary/aromatic N) is 1. The quantitative estimate of drug-likeness (QED) is 0.0858. The molecule has 0 aliphatic carbocycles. The molecule has 0 aliphatic heterocycles. The van der Waals surface area contributed by atoms with Gasteiger partial charge in [0.2, 0.25) is 5.91 Å². The Labute approximate surface area is 284 Å². The zero-order valence-corrected chi connectivity index (χ0v) is 34.1. The fourth-order valence-corrected chi connectivity index (χ4v) is 8.25. The fourth-order valence-electron chi connectivity index (χ4n) is 5.32. The minimum atomic E-state index is -2.36. The van der Waals surface area contributed by atoms with Crippen molar-refractivity contribution in [3.63, 3.8) is 0 Å². The highest BCUT2D eigenvalue weighted by atomic mass is 28.4. The summed E-state index contributed by atoms with van der Waals surface area (Å²) in [5.41, 5.74) is 5.55. The molecule has 0 aromatic heterocycles. The molecule has 2 amide bonds. The van der Waals surface area contributed by atoms with Crippen molar-refractivity contribution in [2.24, 2.45) is 35.3 Å². The van der Waals surface area contributed by atoms with Crippen LogP contribution in [0.2, 0.25) is 36.3 Å². The third-order valence-electron chi connectivity index (χ3n) is 10.3. The molecule has 0 bridgehead atoms. The van der Waals surface area contributed by atoms with Gasteiger partial charge in [-0.25, -0.2) is 4.79 Å². The largest absolute Gasteiger partial charge is 0.445 e. The van der Waals surface area contributed by atoms with Crippen LogP contribution in [0.15, 0.2) is 37.0 Å². The van der Waals surface area contributed by atoms with Crippen molar-refractivity contribution in [3.05, 3.63) is 37.0 Å². The minimum Gasteiger partial charge on any atom is -0.445 e. The van der Waals surface area contributed by atoms with Crippen LogP contribution in [0.1, 0.15) is 76.2 Å². The van der Waals surface area contributed by atoms with Crippen molar-refractivity contribution in [2.75, 3.05) is 20.2 Å². The third-order valence-corrected chi connectivity index (χ3v) is 19.2. The van der Waals surface area contributed by atoms with E-state index in [1.54, 1.807) is 17.1 Å². The number of carbonyl (C=O) groups excluding carboxylic acids is 2. The molecule has 0 heterocycles. The Kier molecular flexibility index (Phi) is 17.5. The van der Waals surface area contributed by atoms with Gasteiger partial charge in [0.15, 0.2) is 16.6 Å². The van der Waals surface area contributed by atoms with E-state index in [0.29, 0.717) is 6.54 Å². The summed E-state index contributed by atoms with van der Waals surface area (Å²) in [6.07, 6.45) is 7.06. The maximum atomic E-state index is 14.3. The van der Waals surface area contributed by atoms with Crippen LogP contribution in [-0.4, -0.2) is 77.2 Å². The number of nitrogens with two attached hydrogens (primary N) is 1. The Morgan fingerprint density at radius 1 is 0.848 bits per heavy atom. The van der Waals surface area contributed by atoms with E-state index >= 15 is 0 Å². The van der Waals surface area contributed by atoms with E-state index in [4.69, 9.17) is 19.3 Å². The van der Waals surface area contributed by atoms with Gasteiger partial charge in [-0.2, -0.15) is 0 Å². The molecule has 0 spiro atoms. The van der Waals surface area contributed by atoms with Crippen LogP contribution in [0.25, 0.3) is 0 Å². The second-order valence-electron chi connectivity index (χ2n) is 16.4. The van der Waals surface area contributed by atoms with Gasteiger partial charge in [0.1, 0.15) is 6.10 Å². The Hall–Kier alpha value is -1.73. The summed E-state index contributed by atoms with van der Waals surface area (Å²) in [4.78, 5) is 28.1. The number of amides is 2. The lowest BCUT2D eigenvalue weighted by molar-refractivity contribution is -0.140. The third kappa shape index (κ3) is 13.1. The molecule has 0 aromatic rings. The predicted molar refractivity (Wildman–Crippen MR) is 198 cm³/mol. The molecule has 46 heavy (non-hydrogen) atoms. The smallest absolute Gasteiger partial charge is 0.404 e. The number of aliphatic hydroxyl groups is 1. The van der Waals surface area contributed by atoms with Crippen molar-refractivity contribution >= 4 is 28.6 Å². The van der Waals surface area contributed by atoms with E-state index in [9.17, 15) is 14.7 Å². The number of rotatable bonds is 18. The van der Waals surface area contributed by atoms with Crippen LogP contribution in [-0.2, 0) is 18.4 Å². The molecule has 0 saturated carbocycles. The van der Waals surface area contributed by atoms with Crippen molar-refractivity contribution < 1.29 is 28.3 Å².